The molecule has 1 fully saturated rings. The third-order valence-corrected chi connectivity index (χ3v) is 7.80. The molecule has 1 aromatic heterocycles. The van der Waals surface area contributed by atoms with Gasteiger partial charge >= 0.3 is 0 Å². The summed E-state index contributed by atoms with van der Waals surface area (Å²) < 4.78 is 1.12. The van der Waals surface area contributed by atoms with E-state index in [0.717, 1.165) is 38.6 Å². The molecule has 0 saturated carbocycles. The zero-order valence-electron chi connectivity index (χ0n) is 15.9. The number of benzene rings is 2. The molecule has 0 unspecified atom stereocenters. The minimum Gasteiger partial charge on any atom is -0.268 e. The second kappa shape index (κ2) is 9.88. The van der Waals surface area contributed by atoms with Gasteiger partial charge in [0.2, 0.25) is 0 Å². The number of amides is 2. The van der Waals surface area contributed by atoms with Gasteiger partial charge in [0.1, 0.15) is 0 Å². The minimum absolute atomic E-state index is 0.188. The lowest BCUT2D eigenvalue weighted by molar-refractivity contribution is -0.122. The van der Waals surface area contributed by atoms with Crippen molar-refractivity contribution in [3.8, 4) is 0 Å². The van der Waals surface area contributed by atoms with Crippen molar-refractivity contribution in [2.24, 2.45) is 0 Å². The van der Waals surface area contributed by atoms with Gasteiger partial charge in [0.05, 0.1) is 9.11 Å². The summed E-state index contributed by atoms with van der Waals surface area (Å²) in [5.74, 6) is -0.196. The molecular formula is C23H18ClNO2S3. The average Bonchev–Trinajstić information content (AvgIpc) is 3.29. The van der Waals surface area contributed by atoms with E-state index in [-0.39, 0.29) is 11.1 Å². The van der Waals surface area contributed by atoms with Crippen molar-refractivity contribution in [1.82, 2.24) is 4.90 Å². The zero-order valence-corrected chi connectivity index (χ0v) is 19.1. The van der Waals surface area contributed by atoms with E-state index >= 15 is 0 Å². The van der Waals surface area contributed by atoms with E-state index in [1.165, 1.54) is 10.5 Å². The molecule has 2 aromatic carbocycles. The van der Waals surface area contributed by atoms with E-state index in [9.17, 15) is 9.59 Å². The Hall–Kier alpha value is -1.99. The molecule has 0 spiro atoms. The summed E-state index contributed by atoms with van der Waals surface area (Å²) in [6, 6.07) is 21.8. The molecule has 0 bridgehead atoms. The zero-order chi connectivity index (χ0) is 20.9. The normalized spacial score (nSPS) is 15.4. The number of thioether (sulfide) groups is 1. The number of hydrogen-bond donors (Lipinski definition) is 0. The molecule has 0 aliphatic carbocycles. The van der Waals surface area contributed by atoms with Crippen LogP contribution < -0.4 is 0 Å². The van der Waals surface area contributed by atoms with E-state index in [2.05, 4.69) is 12.1 Å². The SMILES string of the molecule is O=C1S/C(=C/c2ccc(Sc3ccc(Cl)cc3)s2)C(=O)N1CCCc1ccccc1. The average molecular weight is 472 g/mol. The van der Waals surface area contributed by atoms with Crippen molar-refractivity contribution in [2.45, 2.75) is 21.9 Å². The smallest absolute Gasteiger partial charge is 0.268 e. The van der Waals surface area contributed by atoms with Crippen LogP contribution in [-0.2, 0) is 11.2 Å². The summed E-state index contributed by atoms with van der Waals surface area (Å²) in [5, 5.41) is 0.525. The molecule has 7 heteroatoms. The number of carbonyl (C=O) groups excluding carboxylic acids is 2. The molecule has 0 atom stereocenters. The van der Waals surface area contributed by atoms with Crippen molar-refractivity contribution in [1.29, 1.82) is 0 Å². The van der Waals surface area contributed by atoms with Crippen LogP contribution >= 0.6 is 46.5 Å². The number of rotatable bonds is 7. The Kier molecular flexibility index (Phi) is 7.00. The van der Waals surface area contributed by atoms with E-state index in [0.29, 0.717) is 16.5 Å². The van der Waals surface area contributed by atoms with Crippen LogP contribution in [0.2, 0.25) is 5.02 Å². The van der Waals surface area contributed by atoms with Gasteiger partial charge in [0.15, 0.2) is 0 Å². The molecule has 0 N–H and O–H groups in total. The van der Waals surface area contributed by atoms with E-state index < -0.39 is 0 Å². The molecule has 30 heavy (non-hydrogen) atoms. The fourth-order valence-electron chi connectivity index (χ4n) is 2.99. The fraction of sp³-hybridized carbons (Fsp3) is 0.130. The third kappa shape index (κ3) is 5.38. The Labute approximate surface area is 193 Å². The van der Waals surface area contributed by atoms with Gasteiger partial charge in [-0.15, -0.1) is 11.3 Å². The van der Waals surface area contributed by atoms with Crippen molar-refractivity contribution in [2.75, 3.05) is 6.54 Å². The maximum Gasteiger partial charge on any atom is 0.293 e. The van der Waals surface area contributed by atoms with Crippen LogP contribution in [0, 0.1) is 0 Å². The Balaban J connectivity index is 1.37. The van der Waals surface area contributed by atoms with E-state index in [1.54, 1.807) is 23.1 Å². The van der Waals surface area contributed by atoms with Gasteiger partial charge in [-0.05, 0) is 72.6 Å². The number of halogens is 1. The third-order valence-electron chi connectivity index (χ3n) is 4.47. The lowest BCUT2D eigenvalue weighted by atomic mass is 10.1. The molecule has 152 valence electrons. The standard InChI is InChI=1S/C23H18ClNO2S3/c24-17-8-10-18(11-9-17)28-21-13-12-19(29-21)15-20-22(26)25(23(27)30-20)14-4-7-16-5-2-1-3-6-16/h1-3,5-6,8-13,15H,4,7,14H2/b20-15+. The van der Waals surface area contributed by atoms with Crippen LogP contribution in [0.15, 0.2) is 80.7 Å². The molecule has 2 heterocycles. The molecular weight excluding hydrogens is 454 g/mol. The second-order valence-corrected chi connectivity index (χ2v) is 10.6. The maximum atomic E-state index is 12.7. The molecule has 1 aliphatic heterocycles. The number of thiophene rings is 1. The van der Waals surface area contributed by atoms with E-state index in [4.69, 9.17) is 11.6 Å². The first-order chi connectivity index (χ1) is 14.6. The highest BCUT2D eigenvalue weighted by molar-refractivity contribution is 8.18. The number of carbonyl (C=O) groups is 2. The van der Waals surface area contributed by atoms with Gasteiger partial charge in [-0.2, -0.15) is 0 Å². The summed E-state index contributed by atoms with van der Waals surface area (Å²) in [4.78, 5) is 28.9. The number of hydrogen-bond acceptors (Lipinski definition) is 5. The van der Waals surface area contributed by atoms with Gasteiger partial charge < -0.3 is 0 Å². The van der Waals surface area contributed by atoms with Crippen molar-refractivity contribution in [3.63, 3.8) is 0 Å². The minimum atomic E-state index is -0.196. The Morgan fingerprint density at radius 2 is 1.73 bits per heavy atom. The molecule has 1 saturated heterocycles. The first kappa shape index (κ1) is 21.2. The molecule has 4 rings (SSSR count). The largest absolute Gasteiger partial charge is 0.293 e. The first-order valence-electron chi connectivity index (χ1n) is 9.41. The summed E-state index contributed by atoms with van der Waals surface area (Å²) in [6.07, 6.45) is 3.42. The summed E-state index contributed by atoms with van der Waals surface area (Å²) in [5.41, 5.74) is 1.21. The van der Waals surface area contributed by atoms with Gasteiger partial charge in [0.25, 0.3) is 11.1 Å². The van der Waals surface area contributed by atoms with Crippen molar-refractivity contribution >= 4 is 63.7 Å². The molecule has 3 aromatic rings. The second-order valence-electron chi connectivity index (χ2n) is 6.64. The maximum absolute atomic E-state index is 12.7. The summed E-state index contributed by atoms with van der Waals surface area (Å²) in [6.45, 7) is 0.443. The van der Waals surface area contributed by atoms with Crippen LogP contribution in [0.25, 0.3) is 6.08 Å². The first-order valence-corrected chi connectivity index (χ1v) is 12.2. The van der Waals surface area contributed by atoms with Crippen LogP contribution in [-0.4, -0.2) is 22.6 Å². The van der Waals surface area contributed by atoms with Gasteiger partial charge in [-0.3, -0.25) is 14.5 Å². The number of nitrogens with zero attached hydrogens (tertiary/aromatic N) is 1. The lowest BCUT2D eigenvalue weighted by Gasteiger charge is -2.11. The highest BCUT2D eigenvalue weighted by atomic mass is 35.5. The number of imide groups is 1. The monoisotopic (exact) mass is 471 g/mol. The Morgan fingerprint density at radius 1 is 0.967 bits per heavy atom. The molecule has 0 radical (unpaired) electrons. The van der Waals surface area contributed by atoms with Crippen LogP contribution in [0.1, 0.15) is 16.9 Å². The molecule has 3 nitrogen and oxygen atoms in total. The topological polar surface area (TPSA) is 37.4 Å². The predicted molar refractivity (Wildman–Crippen MR) is 127 cm³/mol. The Morgan fingerprint density at radius 3 is 2.50 bits per heavy atom. The lowest BCUT2D eigenvalue weighted by Crippen LogP contribution is -2.29. The Bertz CT molecular complexity index is 1080. The van der Waals surface area contributed by atoms with Gasteiger partial charge in [-0.1, -0.05) is 53.7 Å². The van der Waals surface area contributed by atoms with Crippen molar-refractivity contribution < 1.29 is 9.59 Å². The highest BCUT2D eigenvalue weighted by Gasteiger charge is 2.34. The molecule has 2 amide bonds. The predicted octanol–water partition coefficient (Wildman–Crippen LogP) is 7.22. The van der Waals surface area contributed by atoms with Crippen LogP contribution in [0.4, 0.5) is 4.79 Å². The van der Waals surface area contributed by atoms with Gasteiger partial charge in [-0.25, -0.2) is 0 Å². The summed E-state index contributed by atoms with van der Waals surface area (Å²) in [7, 11) is 0. The molecule has 1 aliphatic rings. The fourth-order valence-corrected chi connectivity index (χ4v) is 6.12. The summed E-state index contributed by atoms with van der Waals surface area (Å²) >= 11 is 10.2. The highest BCUT2D eigenvalue weighted by Crippen LogP contribution is 2.37. The van der Waals surface area contributed by atoms with Gasteiger partial charge in [0, 0.05) is 21.3 Å². The number of aryl methyl sites for hydroxylation is 1. The van der Waals surface area contributed by atoms with Crippen LogP contribution in [0.5, 0.6) is 0 Å². The van der Waals surface area contributed by atoms with Crippen molar-refractivity contribution in [3.05, 3.63) is 87.1 Å². The quantitative estimate of drug-likeness (QED) is 0.341. The van der Waals surface area contributed by atoms with E-state index in [1.807, 2.05) is 60.7 Å². The van der Waals surface area contributed by atoms with Crippen LogP contribution in [0.3, 0.4) is 0 Å².